The standard InChI is InChI=1S/C33H62O7/c1-26(2)19-13-7-10-16-22-32(30(36)37,23-17-11-8-14-20-27(3)4)33(31(38)39,25-29(34)35)40-24-18-12-9-15-21-28(5)6/h26-28H,7-25H2,1-6H3,(H,34,35)(H,36,37)(H,38,39). The number of aliphatic carboxylic acids is 3. The molecule has 0 radical (unpaired) electrons. The van der Waals surface area contributed by atoms with Crippen LogP contribution in [0.15, 0.2) is 0 Å². The Morgan fingerprint density at radius 3 is 1.25 bits per heavy atom. The lowest BCUT2D eigenvalue weighted by Gasteiger charge is -2.44. The van der Waals surface area contributed by atoms with Crippen LogP contribution < -0.4 is 0 Å². The second-order valence-corrected chi connectivity index (χ2v) is 13.2. The summed E-state index contributed by atoms with van der Waals surface area (Å²) in [6, 6.07) is 0. The van der Waals surface area contributed by atoms with E-state index in [1.54, 1.807) is 0 Å². The molecule has 0 aromatic carbocycles. The number of ether oxygens (including phenoxy) is 1. The van der Waals surface area contributed by atoms with Gasteiger partial charge in [0.1, 0.15) is 5.41 Å². The molecule has 0 spiro atoms. The summed E-state index contributed by atoms with van der Waals surface area (Å²) >= 11 is 0. The van der Waals surface area contributed by atoms with Crippen LogP contribution in [0.2, 0.25) is 0 Å². The topological polar surface area (TPSA) is 121 Å². The molecule has 0 fully saturated rings. The SMILES string of the molecule is CC(C)CCCCCCOC(CC(=O)O)(C(=O)O)C(CCCCCCC(C)C)(CCCCCCC(C)C)C(=O)O. The van der Waals surface area contributed by atoms with Gasteiger partial charge in [-0.05, 0) is 37.0 Å². The van der Waals surface area contributed by atoms with E-state index in [-0.39, 0.29) is 19.4 Å². The average Bonchev–Trinajstić information content (AvgIpc) is 2.84. The molecule has 0 bridgehead atoms. The Bertz CT molecular complexity index is 681. The molecule has 0 rings (SSSR count). The van der Waals surface area contributed by atoms with Crippen molar-refractivity contribution in [2.24, 2.45) is 23.2 Å². The first-order valence-electron chi connectivity index (χ1n) is 16.1. The largest absolute Gasteiger partial charge is 0.481 e. The van der Waals surface area contributed by atoms with Gasteiger partial charge in [-0.1, -0.05) is 131 Å². The van der Waals surface area contributed by atoms with Crippen LogP contribution in [0.1, 0.15) is 157 Å². The highest BCUT2D eigenvalue weighted by Gasteiger charge is 2.63. The molecule has 236 valence electrons. The Hall–Kier alpha value is -1.63. The minimum Gasteiger partial charge on any atom is -0.481 e. The highest BCUT2D eigenvalue weighted by atomic mass is 16.5. The van der Waals surface area contributed by atoms with Crippen molar-refractivity contribution < 1.29 is 34.4 Å². The maximum atomic E-state index is 13.1. The van der Waals surface area contributed by atoms with E-state index in [0.29, 0.717) is 37.0 Å². The molecule has 0 heterocycles. The van der Waals surface area contributed by atoms with Crippen molar-refractivity contribution in [1.29, 1.82) is 0 Å². The lowest BCUT2D eigenvalue weighted by Crippen LogP contribution is -2.61. The molecule has 0 amide bonds. The van der Waals surface area contributed by atoms with E-state index in [4.69, 9.17) is 4.74 Å². The summed E-state index contributed by atoms with van der Waals surface area (Å²) in [7, 11) is 0. The smallest absolute Gasteiger partial charge is 0.337 e. The van der Waals surface area contributed by atoms with Gasteiger partial charge in [-0.25, -0.2) is 4.79 Å². The van der Waals surface area contributed by atoms with Crippen LogP contribution in [0.25, 0.3) is 0 Å². The van der Waals surface area contributed by atoms with Gasteiger partial charge in [0.05, 0.1) is 6.42 Å². The average molecular weight is 571 g/mol. The van der Waals surface area contributed by atoms with E-state index in [2.05, 4.69) is 41.5 Å². The van der Waals surface area contributed by atoms with Crippen molar-refractivity contribution in [2.75, 3.05) is 6.61 Å². The van der Waals surface area contributed by atoms with Crippen LogP contribution in [0.3, 0.4) is 0 Å². The van der Waals surface area contributed by atoms with Gasteiger partial charge in [0.25, 0.3) is 0 Å². The number of hydrogen-bond donors (Lipinski definition) is 3. The van der Waals surface area contributed by atoms with Crippen LogP contribution in [0.5, 0.6) is 0 Å². The molecule has 0 saturated heterocycles. The van der Waals surface area contributed by atoms with E-state index in [1.807, 2.05) is 0 Å². The number of carboxylic acids is 3. The Labute approximate surface area is 244 Å². The van der Waals surface area contributed by atoms with Gasteiger partial charge < -0.3 is 20.1 Å². The summed E-state index contributed by atoms with van der Waals surface area (Å²) in [4.78, 5) is 38.0. The molecular weight excluding hydrogens is 508 g/mol. The second-order valence-electron chi connectivity index (χ2n) is 13.2. The van der Waals surface area contributed by atoms with Gasteiger partial charge in [0, 0.05) is 6.61 Å². The minimum atomic E-state index is -2.31. The molecule has 0 aliphatic heterocycles. The fourth-order valence-electron chi connectivity index (χ4n) is 5.75. The predicted octanol–water partition coefficient (Wildman–Crippen LogP) is 8.97. The van der Waals surface area contributed by atoms with Crippen LogP contribution in [-0.4, -0.2) is 45.4 Å². The summed E-state index contributed by atoms with van der Waals surface area (Å²) < 4.78 is 6.01. The van der Waals surface area contributed by atoms with E-state index in [0.717, 1.165) is 77.0 Å². The van der Waals surface area contributed by atoms with E-state index < -0.39 is 35.3 Å². The third kappa shape index (κ3) is 14.8. The Kier molecular flexibility index (Phi) is 20.3. The Balaban J connectivity index is 5.87. The summed E-state index contributed by atoms with van der Waals surface area (Å²) in [6.45, 7) is 13.1. The summed E-state index contributed by atoms with van der Waals surface area (Å²) in [6.07, 6.45) is 12.7. The quantitative estimate of drug-likeness (QED) is 0.0842. The van der Waals surface area contributed by atoms with Crippen LogP contribution in [0, 0.1) is 23.2 Å². The summed E-state index contributed by atoms with van der Waals surface area (Å²) in [5.41, 5.74) is -4.11. The maximum Gasteiger partial charge on any atom is 0.337 e. The molecular formula is C33H62O7. The number of rotatable bonds is 27. The first kappa shape index (κ1) is 38.4. The van der Waals surface area contributed by atoms with Crippen molar-refractivity contribution in [3.8, 4) is 0 Å². The van der Waals surface area contributed by atoms with E-state index in [1.165, 1.54) is 0 Å². The van der Waals surface area contributed by atoms with Gasteiger partial charge in [0.15, 0.2) is 5.60 Å². The molecule has 1 atom stereocenters. The number of unbranched alkanes of at least 4 members (excludes halogenated alkanes) is 9. The highest BCUT2D eigenvalue weighted by molar-refractivity contribution is 5.92. The number of carbonyl (C=O) groups is 3. The molecule has 0 aliphatic rings. The van der Waals surface area contributed by atoms with Gasteiger partial charge in [0.2, 0.25) is 0 Å². The van der Waals surface area contributed by atoms with Gasteiger partial charge in [-0.3, -0.25) is 9.59 Å². The Morgan fingerprint density at radius 2 is 0.925 bits per heavy atom. The lowest BCUT2D eigenvalue weighted by atomic mass is 9.63. The third-order valence-electron chi connectivity index (χ3n) is 8.22. The zero-order chi connectivity index (χ0) is 30.6. The fourth-order valence-corrected chi connectivity index (χ4v) is 5.75. The normalized spacial score (nSPS) is 13.7. The van der Waals surface area contributed by atoms with Crippen molar-refractivity contribution in [3.05, 3.63) is 0 Å². The van der Waals surface area contributed by atoms with Crippen LogP contribution >= 0.6 is 0 Å². The number of carboxylic acid groups (broad SMARTS) is 3. The monoisotopic (exact) mass is 570 g/mol. The first-order chi connectivity index (χ1) is 18.8. The number of hydrogen-bond acceptors (Lipinski definition) is 4. The van der Waals surface area contributed by atoms with E-state index >= 15 is 0 Å². The molecule has 3 N–H and O–H groups in total. The lowest BCUT2D eigenvalue weighted by molar-refractivity contribution is -0.208. The highest BCUT2D eigenvalue weighted by Crippen LogP contribution is 2.47. The maximum absolute atomic E-state index is 13.1. The predicted molar refractivity (Wildman–Crippen MR) is 162 cm³/mol. The molecule has 0 saturated carbocycles. The van der Waals surface area contributed by atoms with Crippen LogP contribution in [-0.2, 0) is 19.1 Å². The first-order valence-corrected chi connectivity index (χ1v) is 16.1. The molecule has 0 aromatic heterocycles. The second kappa shape index (κ2) is 21.1. The molecule has 7 nitrogen and oxygen atoms in total. The minimum absolute atomic E-state index is 0.0407. The molecule has 40 heavy (non-hydrogen) atoms. The zero-order valence-electron chi connectivity index (χ0n) is 26.6. The van der Waals surface area contributed by atoms with E-state index in [9.17, 15) is 29.7 Å². The fraction of sp³-hybridized carbons (Fsp3) is 0.909. The van der Waals surface area contributed by atoms with Gasteiger partial charge in [-0.15, -0.1) is 0 Å². The molecule has 0 aromatic rings. The summed E-state index contributed by atoms with van der Waals surface area (Å²) in [5.74, 6) is -2.25. The zero-order valence-corrected chi connectivity index (χ0v) is 26.6. The van der Waals surface area contributed by atoms with Crippen LogP contribution in [0.4, 0.5) is 0 Å². The third-order valence-corrected chi connectivity index (χ3v) is 8.22. The van der Waals surface area contributed by atoms with Crippen molar-refractivity contribution >= 4 is 17.9 Å². The van der Waals surface area contributed by atoms with Gasteiger partial charge >= 0.3 is 17.9 Å². The Morgan fingerprint density at radius 1 is 0.550 bits per heavy atom. The molecule has 7 heteroatoms. The summed E-state index contributed by atoms with van der Waals surface area (Å²) in [5, 5.41) is 31.0. The van der Waals surface area contributed by atoms with Crippen molar-refractivity contribution in [3.63, 3.8) is 0 Å². The van der Waals surface area contributed by atoms with Crippen molar-refractivity contribution in [1.82, 2.24) is 0 Å². The van der Waals surface area contributed by atoms with Gasteiger partial charge in [-0.2, -0.15) is 0 Å². The van der Waals surface area contributed by atoms with Crippen molar-refractivity contribution in [2.45, 2.75) is 163 Å². The molecule has 1 unspecified atom stereocenters. The molecule has 0 aliphatic carbocycles.